The van der Waals surface area contributed by atoms with E-state index in [0.717, 1.165) is 17.3 Å². The maximum Gasteiger partial charge on any atom is 0.230 e. The minimum absolute atomic E-state index is 0.0286. The van der Waals surface area contributed by atoms with E-state index in [2.05, 4.69) is 54.5 Å². The highest BCUT2D eigenvalue weighted by molar-refractivity contribution is 7.99. The van der Waals surface area contributed by atoms with Gasteiger partial charge in [0.2, 0.25) is 5.91 Å². The highest BCUT2D eigenvalue weighted by Crippen LogP contribution is 2.22. The van der Waals surface area contributed by atoms with Crippen LogP contribution >= 0.6 is 11.8 Å². The summed E-state index contributed by atoms with van der Waals surface area (Å²) in [5, 5.41) is 3.80. The molecule has 0 spiro atoms. The summed E-state index contributed by atoms with van der Waals surface area (Å²) in [7, 11) is 0. The van der Waals surface area contributed by atoms with Gasteiger partial charge in [-0.15, -0.1) is 0 Å². The Labute approximate surface area is 158 Å². The van der Waals surface area contributed by atoms with Gasteiger partial charge in [-0.2, -0.15) is 0 Å². The van der Waals surface area contributed by atoms with Gasteiger partial charge in [0.15, 0.2) is 5.16 Å². The Morgan fingerprint density at radius 2 is 1.85 bits per heavy atom. The second-order valence-corrected chi connectivity index (χ2v) is 7.24. The summed E-state index contributed by atoms with van der Waals surface area (Å²) in [6, 6.07) is 16.6. The molecule has 1 heterocycles. The number of nitrogens with one attached hydrogen (secondary N) is 1. The van der Waals surface area contributed by atoms with Gasteiger partial charge in [0.25, 0.3) is 0 Å². The van der Waals surface area contributed by atoms with Crippen molar-refractivity contribution in [3.8, 4) is 5.69 Å². The average molecular weight is 366 g/mol. The molecular weight excluding hydrogens is 342 g/mol. The molecule has 5 heteroatoms. The number of thioether (sulfide) groups is 1. The van der Waals surface area contributed by atoms with Gasteiger partial charge in [0.05, 0.1) is 5.75 Å². The molecule has 2 aromatic carbocycles. The van der Waals surface area contributed by atoms with Gasteiger partial charge >= 0.3 is 0 Å². The number of aryl methyl sites for hydroxylation is 2. The van der Waals surface area contributed by atoms with Gasteiger partial charge in [-0.3, -0.25) is 9.36 Å². The van der Waals surface area contributed by atoms with E-state index in [0.29, 0.717) is 12.3 Å². The van der Waals surface area contributed by atoms with Crippen molar-refractivity contribution in [3.63, 3.8) is 0 Å². The van der Waals surface area contributed by atoms with Crippen molar-refractivity contribution in [1.82, 2.24) is 14.9 Å². The van der Waals surface area contributed by atoms with Crippen LogP contribution in [-0.2, 0) is 11.2 Å². The number of rotatable bonds is 7. The highest BCUT2D eigenvalue weighted by Gasteiger charge is 2.09. The van der Waals surface area contributed by atoms with Gasteiger partial charge in [-0.1, -0.05) is 48.2 Å². The number of imidazole rings is 1. The van der Waals surface area contributed by atoms with Crippen LogP contribution in [0.25, 0.3) is 5.69 Å². The normalized spacial score (nSPS) is 10.7. The largest absolute Gasteiger partial charge is 0.355 e. The molecule has 0 atom stereocenters. The van der Waals surface area contributed by atoms with E-state index in [1.54, 1.807) is 6.20 Å². The van der Waals surface area contributed by atoms with Crippen LogP contribution in [0.5, 0.6) is 0 Å². The Balaban J connectivity index is 1.54. The Kier molecular flexibility index (Phi) is 6.12. The Morgan fingerprint density at radius 3 is 2.58 bits per heavy atom. The molecule has 0 fully saturated rings. The van der Waals surface area contributed by atoms with Crippen LogP contribution < -0.4 is 5.32 Å². The van der Waals surface area contributed by atoms with Crippen molar-refractivity contribution in [3.05, 3.63) is 77.6 Å². The second kappa shape index (κ2) is 8.72. The van der Waals surface area contributed by atoms with E-state index < -0.39 is 0 Å². The van der Waals surface area contributed by atoms with E-state index in [1.165, 1.54) is 28.5 Å². The number of carbonyl (C=O) groups is 1. The minimum atomic E-state index is 0.0286. The maximum atomic E-state index is 12.1. The van der Waals surface area contributed by atoms with E-state index in [4.69, 9.17) is 0 Å². The third-order valence-corrected chi connectivity index (χ3v) is 4.97. The standard InChI is InChI=1S/C21H23N3OS/c1-16-12-17(2)14-19(13-16)24-11-10-23-21(24)26-15-20(25)22-9-8-18-6-4-3-5-7-18/h3-7,10-14H,8-9,15H2,1-2H3,(H,22,25). The zero-order valence-corrected chi connectivity index (χ0v) is 15.9. The summed E-state index contributed by atoms with van der Waals surface area (Å²) in [6.45, 7) is 4.82. The molecule has 1 N–H and O–H groups in total. The van der Waals surface area contributed by atoms with Crippen molar-refractivity contribution < 1.29 is 4.79 Å². The first-order chi connectivity index (χ1) is 12.6. The fourth-order valence-electron chi connectivity index (χ4n) is 2.85. The topological polar surface area (TPSA) is 46.9 Å². The molecule has 0 saturated heterocycles. The molecule has 134 valence electrons. The second-order valence-electron chi connectivity index (χ2n) is 6.30. The molecule has 4 nitrogen and oxygen atoms in total. The number of amides is 1. The molecular formula is C21H23N3OS. The number of carbonyl (C=O) groups excluding carboxylic acids is 1. The molecule has 3 aromatic rings. The molecule has 26 heavy (non-hydrogen) atoms. The smallest absolute Gasteiger partial charge is 0.230 e. The predicted molar refractivity (Wildman–Crippen MR) is 107 cm³/mol. The molecule has 0 aliphatic carbocycles. The Bertz CT molecular complexity index is 854. The number of hydrogen-bond donors (Lipinski definition) is 1. The van der Waals surface area contributed by atoms with Crippen LogP contribution in [0.3, 0.4) is 0 Å². The lowest BCUT2D eigenvalue weighted by Crippen LogP contribution is -2.27. The van der Waals surface area contributed by atoms with Crippen LogP contribution in [0.2, 0.25) is 0 Å². The van der Waals surface area contributed by atoms with Crippen molar-refractivity contribution in [2.75, 3.05) is 12.3 Å². The lowest BCUT2D eigenvalue weighted by molar-refractivity contribution is -0.118. The number of benzene rings is 2. The molecule has 1 aromatic heterocycles. The molecule has 0 radical (unpaired) electrons. The van der Waals surface area contributed by atoms with Gasteiger partial charge in [0, 0.05) is 24.6 Å². The molecule has 3 rings (SSSR count). The lowest BCUT2D eigenvalue weighted by atomic mass is 10.1. The summed E-state index contributed by atoms with van der Waals surface area (Å²) < 4.78 is 2.03. The average Bonchev–Trinajstić information content (AvgIpc) is 3.09. The van der Waals surface area contributed by atoms with E-state index in [-0.39, 0.29) is 5.91 Å². The number of aromatic nitrogens is 2. The molecule has 0 saturated carbocycles. The summed E-state index contributed by atoms with van der Waals surface area (Å²) in [5.41, 5.74) is 4.73. The van der Waals surface area contributed by atoms with Crippen LogP contribution in [0, 0.1) is 13.8 Å². The minimum Gasteiger partial charge on any atom is -0.355 e. The van der Waals surface area contributed by atoms with E-state index in [1.807, 2.05) is 29.0 Å². The first-order valence-electron chi connectivity index (χ1n) is 8.67. The molecule has 0 unspecified atom stereocenters. The summed E-state index contributed by atoms with van der Waals surface area (Å²) >= 11 is 1.45. The molecule has 0 aliphatic rings. The van der Waals surface area contributed by atoms with E-state index in [9.17, 15) is 4.79 Å². The fourth-order valence-corrected chi connectivity index (χ4v) is 3.66. The zero-order chi connectivity index (χ0) is 18.4. The quantitative estimate of drug-likeness (QED) is 0.645. The van der Waals surface area contributed by atoms with Crippen molar-refractivity contribution in [2.45, 2.75) is 25.4 Å². The van der Waals surface area contributed by atoms with Gasteiger partial charge in [-0.05, 0) is 49.1 Å². The van der Waals surface area contributed by atoms with Gasteiger partial charge < -0.3 is 5.32 Å². The Hall–Kier alpha value is -2.53. The highest BCUT2D eigenvalue weighted by atomic mass is 32.2. The van der Waals surface area contributed by atoms with Crippen LogP contribution in [0.1, 0.15) is 16.7 Å². The Morgan fingerprint density at radius 1 is 1.12 bits per heavy atom. The maximum absolute atomic E-state index is 12.1. The third-order valence-electron chi connectivity index (χ3n) is 4.00. The van der Waals surface area contributed by atoms with Gasteiger partial charge in [-0.25, -0.2) is 4.98 Å². The fraction of sp³-hybridized carbons (Fsp3) is 0.238. The summed E-state index contributed by atoms with van der Waals surface area (Å²) in [6.07, 6.45) is 4.55. The zero-order valence-electron chi connectivity index (χ0n) is 15.1. The number of hydrogen-bond acceptors (Lipinski definition) is 3. The lowest BCUT2D eigenvalue weighted by Gasteiger charge is -2.10. The molecule has 0 bridgehead atoms. The van der Waals surface area contributed by atoms with Crippen molar-refractivity contribution >= 4 is 17.7 Å². The first-order valence-corrected chi connectivity index (χ1v) is 9.66. The van der Waals surface area contributed by atoms with Crippen LogP contribution in [-0.4, -0.2) is 27.8 Å². The SMILES string of the molecule is Cc1cc(C)cc(-n2ccnc2SCC(=O)NCCc2ccccc2)c1. The predicted octanol–water partition coefficient (Wildman–Crippen LogP) is 3.94. The first kappa shape index (κ1) is 18.3. The van der Waals surface area contributed by atoms with Crippen LogP contribution in [0.15, 0.2) is 66.1 Å². The van der Waals surface area contributed by atoms with Crippen molar-refractivity contribution in [1.29, 1.82) is 0 Å². The summed E-state index contributed by atoms with van der Waals surface area (Å²) in [5.74, 6) is 0.386. The molecule has 0 aliphatic heterocycles. The van der Waals surface area contributed by atoms with Crippen molar-refractivity contribution in [2.24, 2.45) is 0 Å². The summed E-state index contributed by atoms with van der Waals surface area (Å²) in [4.78, 5) is 16.5. The molecule has 1 amide bonds. The van der Waals surface area contributed by atoms with Gasteiger partial charge in [0.1, 0.15) is 0 Å². The number of nitrogens with zero attached hydrogens (tertiary/aromatic N) is 2. The van der Waals surface area contributed by atoms with Crippen LogP contribution in [0.4, 0.5) is 0 Å². The van der Waals surface area contributed by atoms with E-state index >= 15 is 0 Å². The monoisotopic (exact) mass is 365 g/mol. The third kappa shape index (κ3) is 4.99.